The Hall–Kier alpha value is -2.32. The molecule has 0 radical (unpaired) electrons. The Labute approximate surface area is 190 Å². The van der Waals surface area contributed by atoms with Crippen molar-refractivity contribution in [1.29, 1.82) is 0 Å². The van der Waals surface area contributed by atoms with Crippen molar-refractivity contribution >= 4 is 39.1 Å². The quantitative estimate of drug-likeness (QED) is 0.500. The van der Waals surface area contributed by atoms with Crippen molar-refractivity contribution in [2.75, 3.05) is 0 Å². The van der Waals surface area contributed by atoms with Crippen LogP contribution in [0, 0.1) is 0 Å². The number of benzene rings is 2. The van der Waals surface area contributed by atoms with E-state index in [9.17, 15) is 13.2 Å². The van der Waals surface area contributed by atoms with Gasteiger partial charge in [-0.25, -0.2) is 8.42 Å². The predicted molar refractivity (Wildman–Crippen MR) is 119 cm³/mol. The van der Waals surface area contributed by atoms with Crippen molar-refractivity contribution < 1.29 is 17.6 Å². The molecular formula is C22H20Cl2N2O4S. The first kappa shape index (κ1) is 21.9. The normalized spacial score (nSPS) is 14.0. The highest BCUT2D eigenvalue weighted by atomic mass is 35.5. The van der Waals surface area contributed by atoms with Gasteiger partial charge >= 0.3 is 0 Å². The number of carbonyl (C=O) groups is 1. The zero-order valence-electron chi connectivity index (χ0n) is 16.4. The average molecular weight is 479 g/mol. The van der Waals surface area contributed by atoms with Crippen LogP contribution in [0.15, 0.2) is 70.2 Å². The number of halogens is 2. The third kappa shape index (κ3) is 5.13. The summed E-state index contributed by atoms with van der Waals surface area (Å²) in [6, 6.07) is 15.1. The second kappa shape index (κ2) is 9.04. The van der Waals surface area contributed by atoms with Crippen LogP contribution in [0.3, 0.4) is 0 Å². The fourth-order valence-electron chi connectivity index (χ4n) is 3.12. The highest BCUT2D eigenvalue weighted by Crippen LogP contribution is 2.33. The minimum Gasteiger partial charge on any atom is -0.468 e. The monoisotopic (exact) mass is 478 g/mol. The second-order valence-corrected chi connectivity index (χ2v) is 10.0. The van der Waals surface area contributed by atoms with E-state index in [4.69, 9.17) is 27.6 Å². The van der Waals surface area contributed by atoms with Gasteiger partial charge in [-0.15, -0.1) is 0 Å². The van der Waals surface area contributed by atoms with E-state index >= 15 is 0 Å². The first-order valence-corrected chi connectivity index (χ1v) is 11.9. The molecule has 1 aliphatic rings. The Kier molecular flexibility index (Phi) is 6.39. The van der Waals surface area contributed by atoms with Crippen molar-refractivity contribution in [1.82, 2.24) is 9.62 Å². The number of carbonyl (C=O) groups excluding carboxylic acids is 1. The van der Waals surface area contributed by atoms with Crippen molar-refractivity contribution in [3.63, 3.8) is 0 Å². The summed E-state index contributed by atoms with van der Waals surface area (Å²) in [6.45, 7) is 0.0515. The number of sulfonamides is 1. The minimum atomic E-state index is -4.04. The van der Waals surface area contributed by atoms with Gasteiger partial charge in [0.1, 0.15) is 10.7 Å². The molecule has 0 aliphatic heterocycles. The van der Waals surface area contributed by atoms with Crippen LogP contribution in [0.4, 0.5) is 0 Å². The summed E-state index contributed by atoms with van der Waals surface area (Å²) in [7, 11) is -4.04. The summed E-state index contributed by atoms with van der Waals surface area (Å²) >= 11 is 12.4. The van der Waals surface area contributed by atoms with E-state index in [1.165, 1.54) is 22.7 Å². The molecular weight excluding hydrogens is 459 g/mol. The van der Waals surface area contributed by atoms with Crippen LogP contribution in [-0.2, 0) is 23.1 Å². The fraction of sp³-hybridized carbons (Fsp3) is 0.227. The molecule has 162 valence electrons. The van der Waals surface area contributed by atoms with Gasteiger partial charge in [-0.1, -0.05) is 41.4 Å². The van der Waals surface area contributed by atoms with E-state index in [1.54, 1.807) is 42.5 Å². The highest BCUT2D eigenvalue weighted by Gasteiger charge is 2.30. The fourth-order valence-corrected chi connectivity index (χ4v) is 5.61. The van der Waals surface area contributed by atoms with Gasteiger partial charge in [0.15, 0.2) is 0 Å². The number of nitrogens with one attached hydrogen (secondary N) is 1. The van der Waals surface area contributed by atoms with Gasteiger partial charge in [0, 0.05) is 18.2 Å². The van der Waals surface area contributed by atoms with Crippen molar-refractivity contribution in [2.24, 2.45) is 0 Å². The third-order valence-corrected chi connectivity index (χ3v) is 7.66. The summed E-state index contributed by atoms with van der Waals surface area (Å²) < 4.78 is 33.5. The molecule has 1 amide bonds. The van der Waals surface area contributed by atoms with Gasteiger partial charge in [0.05, 0.1) is 22.9 Å². The predicted octanol–water partition coefficient (Wildman–Crippen LogP) is 4.87. The van der Waals surface area contributed by atoms with E-state index in [2.05, 4.69) is 5.32 Å². The lowest BCUT2D eigenvalue weighted by atomic mass is 10.1. The van der Waals surface area contributed by atoms with Gasteiger partial charge in [-0.2, -0.15) is 4.31 Å². The molecule has 1 heterocycles. The standard InChI is InChI=1S/C22H20Cl2N2O4S/c23-19-4-1-5-20(24)21(19)31(28,29)26(14-18-3-2-12-30-18)13-15-6-8-16(9-7-15)22(27)25-17-10-11-17/h1-9,12,17H,10-11,13-14H2,(H,25,27). The van der Waals surface area contributed by atoms with Crippen LogP contribution in [0.25, 0.3) is 0 Å². The Morgan fingerprint density at radius 3 is 2.26 bits per heavy atom. The molecule has 0 atom stereocenters. The highest BCUT2D eigenvalue weighted by molar-refractivity contribution is 7.89. The first-order valence-electron chi connectivity index (χ1n) is 9.71. The van der Waals surface area contributed by atoms with E-state index in [0.717, 1.165) is 12.8 Å². The number of amides is 1. The molecule has 0 saturated heterocycles. The number of hydrogen-bond acceptors (Lipinski definition) is 4. The molecule has 9 heteroatoms. The zero-order chi connectivity index (χ0) is 22.0. The molecule has 0 unspecified atom stereocenters. The maximum atomic E-state index is 13.5. The summed E-state index contributed by atoms with van der Waals surface area (Å²) in [4.78, 5) is 12.1. The second-order valence-electron chi connectivity index (χ2n) is 7.35. The SMILES string of the molecule is O=C(NC1CC1)c1ccc(CN(Cc2ccco2)S(=O)(=O)c2c(Cl)cccc2Cl)cc1. The van der Waals surface area contributed by atoms with Gasteiger partial charge in [0.2, 0.25) is 10.0 Å². The van der Waals surface area contributed by atoms with E-state index in [0.29, 0.717) is 16.9 Å². The maximum absolute atomic E-state index is 13.5. The van der Waals surface area contributed by atoms with Crippen LogP contribution < -0.4 is 5.32 Å². The maximum Gasteiger partial charge on any atom is 0.251 e. The number of rotatable bonds is 8. The molecule has 4 rings (SSSR count). The number of nitrogens with zero attached hydrogens (tertiary/aromatic N) is 1. The van der Waals surface area contributed by atoms with Crippen molar-refractivity contribution in [3.05, 3.63) is 87.8 Å². The lowest BCUT2D eigenvalue weighted by Gasteiger charge is -2.23. The third-order valence-electron chi connectivity index (χ3n) is 4.92. The minimum absolute atomic E-state index is 0.000797. The summed E-state index contributed by atoms with van der Waals surface area (Å²) in [5, 5.41) is 3.02. The Morgan fingerprint density at radius 1 is 1.00 bits per heavy atom. The van der Waals surface area contributed by atoms with Gasteiger partial charge in [-0.3, -0.25) is 4.79 Å². The largest absolute Gasteiger partial charge is 0.468 e. The van der Waals surface area contributed by atoms with Crippen LogP contribution in [0.2, 0.25) is 10.0 Å². The van der Waals surface area contributed by atoms with Gasteiger partial charge in [-0.05, 0) is 54.8 Å². The van der Waals surface area contributed by atoms with Gasteiger partial charge < -0.3 is 9.73 Å². The molecule has 1 N–H and O–H groups in total. The molecule has 1 saturated carbocycles. The van der Waals surface area contributed by atoms with Crippen molar-refractivity contribution in [3.8, 4) is 0 Å². The lowest BCUT2D eigenvalue weighted by Crippen LogP contribution is -2.30. The van der Waals surface area contributed by atoms with E-state index in [-0.39, 0.29) is 40.0 Å². The van der Waals surface area contributed by atoms with Crippen LogP contribution >= 0.6 is 23.2 Å². The smallest absolute Gasteiger partial charge is 0.251 e. The molecule has 2 aromatic carbocycles. The van der Waals surface area contributed by atoms with E-state index in [1.807, 2.05) is 0 Å². The van der Waals surface area contributed by atoms with Crippen molar-refractivity contribution in [2.45, 2.75) is 36.9 Å². The Balaban J connectivity index is 1.61. The topological polar surface area (TPSA) is 79.6 Å². The molecule has 1 aliphatic carbocycles. The molecule has 1 fully saturated rings. The average Bonchev–Trinajstić information content (AvgIpc) is 3.39. The molecule has 3 aromatic rings. The lowest BCUT2D eigenvalue weighted by molar-refractivity contribution is 0.0951. The Morgan fingerprint density at radius 2 is 1.68 bits per heavy atom. The molecule has 0 bridgehead atoms. The molecule has 31 heavy (non-hydrogen) atoms. The zero-order valence-corrected chi connectivity index (χ0v) is 18.8. The number of hydrogen-bond donors (Lipinski definition) is 1. The summed E-state index contributed by atoms with van der Waals surface area (Å²) in [6.07, 6.45) is 3.50. The molecule has 1 aromatic heterocycles. The van der Waals surface area contributed by atoms with Gasteiger partial charge in [0.25, 0.3) is 5.91 Å². The van der Waals surface area contributed by atoms with Crippen LogP contribution in [-0.4, -0.2) is 24.7 Å². The molecule has 6 nitrogen and oxygen atoms in total. The molecule has 0 spiro atoms. The summed E-state index contributed by atoms with van der Waals surface area (Å²) in [5.41, 5.74) is 1.24. The van der Waals surface area contributed by atoms with Crippen LogP contribution in [0.1, 0.15) is 34.5 Å². The number of furan rings is 1. The first-order chi connectivity index (χ1) is 14.8. The Bertz CT molecular complexity index is 1150. The van der Waals surface area contributed by atoms with Crippen LogP contribution in [0.5, 0.6) is 0 Å². The van der Waals surface area contributed by atoms with E-state index < -0.39 is 10.0 Å². The summed E-state index contributed by atoms with van der Waals surface area (Å²) in [5.74, 6) is 0.351.